The molecule has 6 heteroatoms. The van der Waals surface area contributed by atoms with Gasteiger partial charge < -0.3 is 37.8 Å². The fourth-order valence-corrected chi connectivity index (χ4v) is 3.04. The van der Waals surface area contributed by atoms with Crippen LogP contribution in [0.2, 0.25) is 0 Å². The largest absolute Gasteiger partial charge is 1.00 e. The van der Waals surface area contributed by atoms with Crippen LogP contribution < -0.4 is 17.7 Å². The van der Waals surface area contributed by atoms with Gasteiger partial charge in [-0.1, -0.05) is 64.7 Å². The molecule has 0 aromatic carbocycles. The predicted molar refractivity (Wildman–Crippen MR) is 103 cm³/mol. The van der Waals surface area contributed by atoms with Crippen LogP contribution in [0.4, 0.5) is 0 Å². The average Bonchev–Trinajstić information content (AvgIpc) is 2.61. The molecule has 0 aliphatic rings. The van der Waals surface area contributed by atoms with Gasteiger partial charge in [0.15, 0.2) is 0 Å². The Balaban J connectivity index is 0. The van der Waals surface area contributed by atoms with E-state index in [4.69, 9.17) is 14.9 Å². The molecule has 0 radical (unpaired) electrons. The van der Waals surface area contributed by atoms with Gasteiger partial charge in [-0.2, -0.15) is 0 Å². The molecule has 0 saturated carbocycles. The van der Waals surface area contributed by atoms with Crippen LogP contribution >= 0.6 is 0 Å². The maximum Gasteiger partial charge on any atom is 0.126 e. The van der Waals surface area contributed by atoms with E-state index >= 15 is 0 Å². The highest BCUT2D eigenvalue weighted by Gasteiger charge is 2.14. The number of unbranched alkanes of at least 4 members (excludes halogenated alkanes) is 9. The summed E-state index contributed by atoms with van der Waals surface area (Å²) < 4.78 is 5.55. The first-order valence-electron chi connectivity index (χ1n) is 10.5. The molecular weight excluding hydrogens is 354 g/mol. The number of hydrogen-bond acceptors (Lipinski definition) is 4. The number of ether oxygens (including phenoxy) is 1. The van der Waals surface area contributed by atoms with Crippen molar-refractivity contribution in [1.82, 2.24) is 0 Å². The number of rotatable bonds is 20. The molecule has 0 fully saturated rings. The highest BCUT2D eigenvalue weighted by Crippen LogP contribution is 2.10. The molecule has 0 heterocycles. The van der Waals surface area contributed by atoms with Crippen LogP contribution in [0.15, 0.2) is 0 Å². The first-order chi connectivity index (χ1) is 12.2. The zero-order valence-electron chi connectivity index (χ0n) is 16.9. The van der Waals surface area contributed by atoms with E-state index in [2.05, 4.69) is 6.92 Å². The minimum atomic E-state index is -0.483. The van der Waals surface area contributed by atoms with Crippen molar-refractivity contribution in [2.75, 3.05) is 33.0 Å². The number of nitrogens with two attached hydrogens (primary N) is 1. The van der Waals surface area contributed by atoms with Gasteiger partial charge in [0.1, 0.15) is 12.6 Å². The van der Waals surface area contributed by atoms with E-state index in [0.717, 1.165) is 13.0 Å². The molecular formula is C20H44ClNO4. The molecule has 26 heavy (non-hydrogen) atoms. The summed E-state index contributed by atoms with van der Waals surface area (Å²) in [6.07, 6.45) is 13.9. The van der Waals surface area contributed by atoms with Gasteiger partial charge >= 0.3 is 0 Å². The molecule has 160 valence electrons. The van der Waals surface area contributed by atoms with Crippen molar-refractivity contribution < 1.29 is 37.8 Å². The number of quaternary nitrogens is 1. The second kappa shape index (κ2) is 23.1. The van der Waals surface area contributed by atoms with Crippen LogP contribution in [-0.4, -0.2) is 60.4 Å². The Morgan fingerprint density at radius 3 is 1.81 bits per heavy atom. The standard InChI is InChI=1S/C20H43NO4.ClH/c1-2-3-4-5-6-7-8-9-10-11-16-25-18-20(24)17-21-19(12-14-22)13-15-23;/h19-24H,2-18H2,1H3;1H. The average molecular weight is 398 g/mol. The molecule has 0 aromatic rings. The lowest BCUT2D eigenvalue weighted by atomic mass is 10.1. The van der Waals surface area contributed by atoms with Crippen molar-refractivity contribution in [2.24, 2.45) is 0 Å². The molecule has 0 amide bonds. The predicted octanol–water partition coefficient (Wildman–Crippen LogP) is -1.01. The van der Waals surface area contributed by atoms with E-state index in [9.17, 15) is 5.11 Å². The molecule has 1 unspecified atom stereocenters. The first kappa shape index (κ1) is 28.3. The second-order valence-electron chi connectivity index (χ2n) is 7.17. The fraction of sp³-hybridized carbons (Fsp3) is 1.00. The monoisotopic (exact) mass is 397 g/mol. The molecule has 0 aliphatic carbocycles. The topological polar surface area (TPSA) is 86.5 Å². The minimum absolute atomic E-state index is 0. The van der Waals surface area contributed by atoms with E-state index < -0.39 is 6.10 Å². The molecule has 0 bridgehead atoms. The molecule has 0 rings (SSSR count). The zero-order valence-corrected chi connectivity index (χ0v) is 17.6. The number of aliphatic hydroxyl groups is 3. The Bertz CT molecular complexity index is 254. The van der Waals surface area contributed by atoms with Gasteiger partial charge in [-0.3, -0.25) is 0 Å². The Kier molecular flexibility index (Phi) is 25.2. The third-order valence-corrected chi connectivity index (χ3v) is 4.69. The highest BCUT2D eigenvalue weighted by atomic mass is 35.5. The van der Waals surface area contributed by atoms with Gasteiger partial charge in [-0.15, -0.1) is 0 Å². The summed E-state index contributed by atoms with van der Waals surface area (Å²) in [6.45, 7) is 4.15. The lowest BCUT2D eigenvalue weighted by Gasteiger charge is -2.16. The van der Waals surface area contributed by atoms with Gasteiger partial charge in [0.05, 0.1) is 12.6 Å². The third kappa shape index (κ3) is 20.4. The van der Waals surface area contributed by atoms with Crippen molar-refractivity contribution in [3.63, 3.8) is 0 Å². The van der Waals surface area contributed by atoms with E-state index in [1.54, 1.807) is 0 Å². The molecule has 0 aromatic heterocycles. The minimum Gasteiger partial charge on any atom is -1.00 e. The molecule has 0 spiro atoms. The van der Waals surface area contributed by atoms with Crippen LogP contribution in [-0.2, 0) is 4.74 Å². The van der Waals surface area contributed by atoms with Crippen molar-refractivity contribution in [3.8, 4) is 0 Å². The van der Waals surface area contributed by atoms with Crippen LogP contribution in [0, 0.1) is 0 Å². The van der Waals surface area contributed by atoms with E-state index in [1.807, 2.05) is 5.32 Å². The van der Waals surface area contributed by atoms with Crippen molar-refractivity contribution in [3.05, 3.63) is 0 Å². The Morgan fingerprint density at radius 2 is 1.31 bits per heavy atom. The van der Waals surface area contributed by atoms with E-state index in [-0.39, 0.29) is 31.7 Å². The van der Waals surface area contributed by atoms with E-state index in [0.29, 0.717) is 26.0 Å². The van der Waals surface area contributed by atoms with Crippen molar-refractivity contribution >= 4 is 0 Å². The molecule has 0 saturated heterocycles. The quantitative estimate of drug-likeness (QED) is 0.198. The van der Waals surface area contributed by atoms with Gasteiger partial charge in [-0.05, 0) is 6.42 Å². The number of hydrogen-bond donors (Lipinski definition) is 4. The zero-order chi connectivity index (χ0) is 18.6. The van der Waals surface area contributed by atoms with Crippen LogP contribution in [0.3, 0.4) is 0 Å². The molecule has 5 N–H and O–H groups in total. The maximum atomic E-state index is 9.91. The fourth-order valence-electron chi connectivity index (χ4n) is 3.04. The maximum absolute atomic E-state index is 9.91. The summed E-state index contributed by atoms with van der Waals surface area (Å²) in [5.74, 6) is 0. The summed E-state index contributed by atoms with van der Waals surface area (Å²) in [5.41, 5.74) is 0. The highest BCUT2D eigenvalue weighted by molar-refractivity contribution is 4.55. The SMILES string of the molecule is CCCCCCCCCCCCOCC(O)C[NH2+]C(CCO)CCO.[Cl-]. The van der Waals surface area contributed by atoms with Crippen LogP contribution in [0.1, 0.15) is 84.0 Å². The Morgan fingerprint density at radius 1 is 0.808 bits per heavy atom. The van der Waals surface area contributed by atoms with Gasteiger partial charge in [0, 0.05) is 32.7 Å². The summed E-state index contributed by atoms with van der Waals surface area (Å²) in [7, 11) is 0. The third-order valence-electron chi connectivity index (χ3n) is 4.69. The summed E-state index contributed by atoms with van der Waals surface area (Å²) >= 11 is 0. The van der Waals surface area contributed by atoms with Gasteiger partial charge in [-0.25, -0.2) is 0 Å². The van der Waals surface area contributed by atoms with Gasteiger partial charge in [0.2, 0.25) is 0 Å². The first-order valence-corrected chi connectivity index (χ1v) is 10.5. The molecule has 0 aliphatic heterocycles. The van der Waals surface area contributed by atoms with Crippen LogP contribution in [0.5, 0.6) is 0 Å². The Hall–Kier alpha value is 0.0900. The summed E-state index contributed by atoms with van der Waals surface area (Å²) in [4.78, 5) is 0. The lowest BCUT2D eigenvalue weighted by molar-refractivity contribution is -0.696. The summed E-state index contributed by atoms with van der Waals surface area (Å²) in [6, 6.07) is 0.173. The number of halogens is 1. The lowest BCUT2D eigenvalue weighted by Crippen LogP contribution is -3.00. The van der Waals surface area contributed by atoms with Crippen LogP contribution in [0.25, 0.3) is 0 Å². The van der Waals surface area contributed by atoms with Gasteiger partial charge in [0.25, 0.3) is 0 Å². The molecule has 5 nitrogen and oxygen atoms in total. The normalized spacial score (nSPS) is 12.3. The number of aliphatic hydroxyl groups excluding tert-OH is 3. The van der Waals surface area contributed by atoms with E-state index in [1.165, 1.54) is 57.8 Å². The molecule has 1 atom stereocenters. The van der Waals surface area contributed by atoms with Crippen molar-refractivity contribution in [1.29, 1.82) is 0 Å². The Labute approximate surface area is 167 Å². The second-order valence-corrected chi connectivity index (χ2v) is 7.17. The smallest absolute Gasteiger partial charge is 0.126 e. The van der Waals surface area contributed by atoms with Crippen molar-refractivity contribution in [2.45, 2.75) is 96.1 Å². The summed E-state index contributed by atoms with van der Waals surface area (Å²) in [5, 5.41) is 29.8.